The molecule has 2 aromatic carbocycles. The second-order valence-corrected chi connectivity index (χ2v) is 6.44. The molecule has 3 rings (SSSR count). The van der Waals surface area contributed by atoms with Gasteiger partial charge in [-0.2, -0.15) is 0 Å². The first-order valence-electron chi connectivity index (χ1n) is 7.79. The van der Waals surface area contributed by atoms with Gasteiger partial charge in [-0.05, 0) is 55.3 Å². The van der Waals surface area contributed by atoms with Crippen molar-refractivity contribution in [2.45, 2.75) is 20.3 Å². The van der Waals surface area contributed by atoms with Gasteiger partial charge in [0, 0.05) is 23.7 Å². The van der Waals surface area contributed by atoms with E-state index in [1.54, 1.807) is 35.2 Å². The summed E-state index contributed by atoms with van der Waals surface area (Å²) in [5.41, 5.74) is 2.74. The summed E-state index contributed by atoms with van der Waals surface area (Å²) < 4.78 is 5.52. The molecule has 0 spiro atoms. The third-order valence-corrected chi connectivity index (χ3v) is 4.61. The number of hydrogen-bond donors (Lipinski definition) is 0. The summed E-state index contributed by atoms with van der Waals surface area (Å²) in [6.07, 6.45) is 0.159. The van der Waals surface area contributed by atoms with Crippen molar-refractivity contribution >= 4 is 29.2 Å². The normalized spacial score (nSPS) is 17.2. The van der Waals surface area contributed by atoms with Crippen LogP contribution in [0.5, 0.6) is 5.75 Å². The fourth-order valence-corrected chi connectivity index (χ4v) is 2.89. The average molecular weight is 344 g/mol. The van der Waals surface area contributed by atoms with Crippen LogP contribution in [0.25, 0.3) is 0 Å². The predicted molar refractivity (Wildman–Crippen MR) is 93.5 cm³/mol. The first-order valence-corrected chi connectivity index (χ1v) is 8.17. The Hall–Kier alpha value is -2.33. The molecule has 4 nitrogen and oxygen atoms in total. The minimum absolute atomic E-state index is 0.0831. The Morgan fingerprint density at radius 1 is 1.17 bits per heavy atom. The molecule has 5 heteroatoms. The first-order chi connectivity index (χ1) is 11.5. The number of halogens is 1. The molecule has 24 heavy (non-hydrogen) atoms. The third kappa shape index (κ3) is 3.29. The summed E-state index contributed by atoms with van der Waals surface area (Å²) >= 11 is 5.87. The van der Waals surface area contributed by atoms with Crippen LogP contribution in [0, 0.1) is 19.8 Å². The summed E-state index contributed by atoms with van der Waals surface area (Å²) in [5, 5.41) is 0.608. The van der Waals surface area contributed by atoms with Gasteiger partial charge >= 0.3 is 5.97 Å². The van der Waals surface area contributed by atoms with Crippen LogP contribution < -0.4 is 9.64 Å². The van der Waals surface area contributed by atoms with E-state index in [-0.39, 0.29) is 18.3 Å². The molecule has 1 heterocycles. The van der Waals surface area contributed by atoms with E-state index in [1.807, 2.05) is 26.0 Å². The second kappa shape index (κ2) is 6.65. The van der Waals surface area contributed by atoms with Crippen LogP contribution in [0.15, 0.2) is 42.5 Å². The molecule has 124 valence electrons. The number of aryl methyl sites for hydroxylation is 1. The quantitative estimate of drug-likeness (QED) is 0.627. The number of anilines is 1. The Balaban J connectivity index is 1.72. The van der Waals surface area contributed by atoms with Gasteiger partial charge in [-0.15, -0.1) is 0 Å². The van der Waals surface area contributed by atoms with Gasteiger partial charge in [-0.3, -0.25) is 9.59 Å². The molecule has 2 aromatic rings. The van der Waals surface area contributed by atoms with Crippen LogP contribution in [-0.2, 0) is 9.59 Å². The molecule has 0 saturated carbocycles. The highest BCUT2D eigenvalue weighted by Gasteiger charge is 2.36. The van der Waals surface area contributed by atoms with E-state index in [0.717, 1.165) is 16.8 Å². The van der Waals surface area contributed by atoms with Crippen molar-refractivity contribution in [1.82, 2.24) is 0 Å². The minimum Gasteiger partial charge on any atom is -0.426 e. The number of esters is 1. The molecule has 1 atom stereocenters. The number of rotatable bonds is 3. The summed E-state index contributed by atoms with van der Waals surface area (Å²) in [6.45, 7) is 4.20. The minimum atomic E-state index is -0.465. The van der Waals surface area contributed by atoms with Crippen LogP contribution in [-0.4, -0.2) is 18.4 Å². The van der Waals surface area contributed by atoms with Crippen molar-refractivity contribution in [3.63, 3.8) is 0 Å². The highest BCUT2D eigenvalue weighted by Crippen LogP contribution is 2.28. The lowest BCUT2D eigenvalue weighted by Crippen LogP contribution is -2.27. The van der Waals surface area contributed by atoms with Gasteiger partial charge in [0.25, 0.3) is 0 Å². The zero-order valence-electron chi connectivity index (χ0n) is 13.6. The molecular weight excluding hydrogens is 326 g/mol. The molecule has 0 radical (unpaired) electrons. The third-order valence-electron chi connectivity index (χ3n) is 4.36. The molecular formula is C19H18ClNO3. The maximum absolute atomic E-state index is 12.4. The molecule has 0 bridgehead atoms. The highest BCUT2D eigenvalue weighted by atomic mass is 35.5. The Bertz CT molecular complexity index is 786. The zero-order valence-corrected chi connectivity index (χ0v) is 14.3. The van der Waals surface area contributed by atoms with Gasteiger partial charge in [0.15, 0.2) is 0 Å². The van der Waals surface area contributed by atoms with Crippen molar-refractivity contribution in [3.8, 4) is 5.75 Å². The molecule has 0 aliphatic carbocycles. The number of hydrogen-bond acceptors (Lipinski definition) is 3. The Morgan fingerprint density at radius 3 is 2.58 bits per heavy atom. The Labute approximate surface area is 146 Å². The number of amides is 1. The predicted octanol–water partition coefficient (Wildman–Crippen LogP) is 3.92. The topological polar surface area (TPSA) is 46.6 Å². The molecule has 1 aliphatic heterocycles. The van der Waals surface area contributed by atoms with Crippen LogP contribution in [0.4, 0.5) is 5.69 Å². The van der Waals surface area contributed by atoms with E-state index in [9.17, 15) is 9.59 Å². The van der Waals surface area contributed by atoms with Crippen molar-refractivity contribution < 1.29 is 14.3 Å². The zero-order chi connectivity index (χ0) is 17.3. The van der Waals surface area contributed by atoms with Crippen molar-refractivity contribution in [2.24, 2.45) is 5.92 Å². The molecule has 0 unspecified atom stereocenters. The fourth-order valence-electron chi connectivity index (χ4n) is 2.76. The molecule has 1 amide bonds. The van der Waals surface area contributed by atoms with E-state index in [0.29, 0.717) is 17.3 Å². The summed E-state index contributed by atoms with van der Waals surface area (Å²) in [6, 6.07) is 12.6. The van der Waals surface area contributed by atoms with Gasteiger partial charge in [0.2, 0.25) is 5.91 Å². The van der Waals surface area contributed by atoms with E-state index in [4.69, 9.17) is 16.3 Å². The largest absolute Gasteiger partial charge is 0.426 e. The van der Waals surface area contributed by atoms with Crippen molar-refractivity contribution in [1.29, 1.82) is 0 Å². The maximum atomic E-state index is 12.4. The van der Waals surface area contributed by atoms with Crippen molar-refractivity contribution in [3.05, 3.63) is 58.6 Å². The smallest absolute Gasteiger partial charge is 0.316 e. The lowest BCUT2D eigenvalue weighted by Gasteiger charge is -2.17. The van der Waals surface area contributed by atoms with E-state index in [2.05, 4.69) is 0 Å². The van der Waals surface area contributed by atoms with Gasteiger partial charge in [-0.1, -0.05) is 23.7 Å². The SMILES string of the molecule is Cc1cccc(OC(=O)[C@@H]2CC(=O)N(c3ccc(Cl)cc3)C2)c1C. The fraction of sp³-hybridized carbons (Fsp3) is 0.263. The lowest BCUT2D eigenvalue weighted by molar-refractivity contribution is -0.139. The molecule has 0 aromatic heterocycles. The molecule has 0 N–H and O–H groups in total. The Morgan fingerprint density at radius 2 is 1.88 bits per heavy atom. The van der Waals surface area contributed by atoms with Crippen LogP contribution in [0.1, 0.15) is 17.5 Å². The van der Waals surface area contributed by atoms with Crippen LogP contribution in [0.3, 0.4) is 0 Å². The monoisotopic (exact) mass is 343 g/mol. The molecule has 1 saturated heterocycles. The van der Waals surface area contributed by atoms with Gasteiger partial charge in [-0.25, -0.2) is 0 Å². The van der Waals surface area contributed by atoms with Gasteiger partial charge in [0.1, 0.15) is 5.75 Å². The number of benzene rings is 2. The summed E-state index contributed by atoms with van der Waals surface area (Å²) in [5.74, 6) is -0.362. The molecule has 1 aliphatic rings. The van der Waals surface area contributed by atoms with Crippen molar-refractivity contribution in [2.75, 3.05) is 11.4 Å². The maximum Gasteiger partial charge on any atom is 0.316 e. The molecule has 1 fully saturated rings. The Kier molecular flexibility index (Phi) is 4.58. The van der Waals surface area contributed by atoms with Crippen LogP contribution in [0.2, 0.25) is 5.02 Å². The summed E-state index contributed by atoms with van der Waals surface area (Å²) in [7, 11) is 0. The lowest BCUT2D eigenvalue weighted by atomic mass is 10.1. The average Bonchev–Trinajstić information content (AvgIpc) is 2.94. The van der Waals surface area contributed by atoms with E-state index < -0.39 is 5.92 Å². The first kappa shape index (κ1) is 16.5. The van der Waals surface area contributed by atoms with E-state index >= 15 is 0 Å². The number of carbonyl (C=O) groups excluding carboxylic acids is 2. The number of carbonyl (C=O) groups is 2. The highest BCUT2D eigenvalue weighted by molar-refractivity contribution is 6.30. The van der Waals surface area contributed by atoms with Crippen LogP contribution >= 0.6 is 11.6 Å². The van der Waals surface area contributed by atoms with Gasteiger partial charge in [0.05, 0.1) is 5.92 Å². The standard InChI is InChI=1S/C19H18ClNO3/c1-12-4-3-5-17(13(12)2)24-19(23)14-10-18(22)21(11-14)16-8-6-15(20)7-9-16/h3-9,14H,10-11H2,1-2H3/t14-/m1/s1. The number of nitrogens with zero attached hydrogens (tertiary/aromatic N) is 1. The van der Waals surface area contributed by atoms with Gasteiger partial charge < -0.3 is 9.64 Å². The summed E-state index contributed by atoms with van der Waals surface area (Å²) in [4.78, 5) is 26.3. The second-order valence-electron chi connectivity index (χ2n) is 6.00. The number of ether oxygens (including phenoxy) is 1. The van der Waals surface area contributed by atoms with E-state index in [1.165, 1.54) is 0 Å².